The second-order valence-corrected chi connectivity index (χ2v) is 14.6. The van der Waals surface area contributed by atoms with Crippen molar-refractivity contribution in [1.29, 1.82) is 0 Å². The summed E-state index contributed by atoms with van der Waals surface area (Å²) in [5.74, 6) is 0. The molecule has 0 aromatic rings. The van der Waals surface area contributed by atoms with Crippen LogP contribution in [0.5, 0.6) is 0 Å². The molecule has 0 aliphatic rings. The molecule has 86 valence electrons. The molecule has 1 unspecified atom stereocenters. The minimum atomic E-state index is -1.83. The fraction of sp³-hybridized carbons (Fsp3) is 1.00. The summed E-state index contributed by atoms with van der Waals surface area (Å²) in [5, 5.41) is -1.83. The van der Waals surface area contributed by atoms with Crippen molar-refractivity contribution >= 4 is 38.0 Å². The average molecular weight is 349 g/mol. The van der Waals surface area contributed by atoms with Gasteiger partial charge in [-0.2, -0.15) is 0 Å². The molecule has 0 aromatic carbocycles. The Kier molecular flexibility index (Phi) is 10.2. The monoisotopic (exact) mass is 348 g/mol. The van der Waals surface area contributed by atoms with E-state index in [1.54, 1.807) is 0 Å². The van der Waals surface area contributed by atoms with Crippen molar-refractivity contribution in [3.63, 3.8) is 0 Å². The lowest BCUT2D eigenvalue weighted by atomic mass is 10.1. The highest BCUT2D eigenvalue weighted by Crippen LogP contribution is 2.27. The van der Waals surface area contributed by atoms with Gasteiger partial charge in [-0.05, 0) is 13.0 Å². The van der Waals surface area contributed by atoms with Crippen molar-refractivity contribution in [2.24, 2.45) is 0 Å². The van der Waals surface area contributed by atoms with Crippen LogP contribution >= 0.6 is 32.9 Å². The summed E-state index contributed by atoms with van der Waals surface area (Å²) < 4.78 is 5.55. The first-order valence-corrected chi connectivity index (χ1v) is 11.9. The van der Waals surface area contributed by atoms with E-state index in [4.69, 9.17) is 15.5 Å². The van der Waals surface area contributed by atoms with E-state index >= 15 is 0 Å². The van der Waals surface area contributed by atoms with Gasteiger partial charge < -0.3 is 4.43 Å². The lowest BCUT2D eigenvalue weighted by molar-refractivity contribution is 0.350. The second kappa shape index (κ2) is 9.42. The summed E-state index contributed by atoms with van der Waals surface area (Å²) in [5.41, 5.74) is 0. The molecule has 0 rings (SSSR count). The van der Waals surface area contributed by atoms with E-state index in [0.717, 1.165) is 12.7 Å². The van der Waals surface area contributed by atoms with Gasteiger partial charge in [-0.15, -0.1) is 11.1 Å². The normalized spacial score (nSPS) is 15.4. The fourth-order valence-corrected chi connectivity index (χ4v) is 5.43. The standard InChI is InChI=1S/C10H22ClIOSi/c1-3-5-6-7-8-9-10-14(11,12)13-4-2/h3-10H2,1-2H3. The zero-order valence-corrected chi connectivity index (χ0v) is 13.2. The molecule has 0 saturated carbocycles. The Morgan fingerprint density at radius 2 is 1.64 bits per heavy atom. The van der Waals surface area contributed by atoms with E-state index in [1.807, 2.05) is 6.92 Å². The number of hydrogen-bond acceptors (Lipinski definition) is 1. The van der Waals surface area contributed by atoms with Crippen molar-refractivity contribution in [2.75, 3.05) is 6.61 Å². The Morgan fingerprint density at radius 3 is 2.21 bits per heavy atom. The molecule has 0 aliphatic heterocycles. The minimum Gasteiger partial charge on any atom is -0.396 e. The third kappa shape index (κ3) is 9.74. The van der Waals surface area contributed by atoms with Gasteiger partial charge >= 0.3 is 5.12 Å². The maximum absolute atomic E-state index is 6.28. The topological polar surface area (TPSA) is 9.23 Å². The van der Waals surface area contributed by atoms with Crippen LogP contribution in [0.4, 0.5) is 0 Å². The SMILES string of the molecule is CCCCCCCC[Si](Cl)(I)OCC. The van der Waals surface area contributed by atoms with E-state index < -0.39 is 5.12 Å². The van der Waals surface area contributed by atoms with Crippen molar-refractivity contribution < 1.29 is 4.43 Å². The van der Waals surface area contributed by atoms with Crippen LogP contribution < -0.4 is 0 Å². The Morgan fingerprint density at radius 1 is 1.07 bits per heavy atom. The molecule has 0 aromatic heterocycles. The molecule has 1 atom stereocenters. The number of rotatable bonds is 9. The average Bonchev–Trinajstić information content (AvgIpc) is 2.11. The van der Waals surface area contributed by atoms with Crippen molar-refractivity contribution in [3.05, 3.63) is 0 Å². The largest absolute Gasteiger partial charge is 0.396 e. The van der Waals surface area contributed by atoms with Crippen LogP contribution in [0.15, 0.2) is 0 Å². The van der Waals surface area contributed by atoms with Crippen LogP contribution in [0, 0.1) is 0 Å². The summed E-state index contributed by atoms with van der Waals surface area (Å²) in [4.78, 5) is 0. The summed E-state index contributed by atoms with van der Waals surface area (Å²) in [7, 11) is 0. The van der Waals surface area contributed by atoms with Crippen molar-refractivity contribution in [1.82, 2.24) is 0 Å². The first kappa shape index (κ1) is 15.2. The maximum Gasteiger partial charge on any atom is 0.356 e. The van der Waals surface area contributed by atoms with Gasteiger partial charge in [-0.1, -0.05) is 67.2 Å². The number of unbranched alkanes of at least 4 members (excludes halogenated alkanes) is 5. The molecule has 0 bridgehead atoms. The molecule has 1 nitrogen and oxygen atoms in total. The van der Waals surface area contributed by atoms with Gasteiger partial charge in [-0.3, -0.25) is 0 Å². The molecule has 0 amide bonds. The van der Waals surface area contributed by atoms with E-state index in [2.05, 4.69) is 28.7 Å². The van der Waals surface area contributed by atoms with Gasteiger partial charge in [0.25, 0.3) is 0 Å². The van der Waals surface area contributed by atoms with Crippen LogP contribution in [-0.4, -0.2) is 11.7 Å². The van der Waals surface area contributed by atoms with Gasteiger partial charge in [0.2, 0.25) is 0 Å². The highest BCUT2D eigenvalue weighted by atomic mass is 127. The van der Waals surface area contributed by atoms with Crippen LogP contribution in [0.1, 0.15) is 52.4 Å². The predicted molar refractivity (Wildman–Crippen MR) is 75.4 cm³/mol. The van der Waals surface area contributed by atoms with Gasteiger partial charge in [-0.25, -0.2) is 0 Å². The Bertz CT molecular complexity index is 133. The van der Waals surface area contributed by atoms with E-state index in [1.165, 1.54) is 38.5 Å². The summed E-state index contributed by atoms with van der Waals surface area (Å²) in [6.07, 6.45) is 7.99. The quantitative estimate of drug-likeness (QED) is 0.247. The smallest absolute Gasteiger partial charge is 0.356 e. The first-order valence-electron chi connectivity index (χ1n) is 5.64. The zero-order chi connectivity index (χ0) is 10.9. The summed E-state index contributed by atoms with van der Waals surface area (Å²) in [6.45, 7) is 5.02. The van der Waals surface area contributed by atoms with Gasteiger partial charge in [0, 0.05) is 6.61 Å². The number of halogens is 2. The molecule has 0 radical (unpaired) electrons. The molecular formula is C10H22ClIOSi. The molecule has 0 N–H and O–H groups in total. The van der Waals surface area contributed by atoms with E-state index in [-0.39, 0.29) is 0 Å². The molecular weight excluding hydrogens is 327 g/mol. The molecule has 14 heavy (non-hydrogen) atoms. The molecule has 0 aliphatic carbocycles. The molecule has 0 fully saturated rings. The number of hydrogen-bond donors (Lipinski definition) is 0. The Balaban J connectivity index is 3.26. The first-order chi connectivity index (χ1) is 6.62. The summed E-state index contributed by atoms with van der Waals surface area (Å²) in [6, 6.07) is 1.09. The molecule has 0 spiro atoms. The lowest BCUT2D eigenvalue weighted by Gasteiger charge is -2.16. The zero-order valence-electron chi connectivity index (χ0n) is 9.32. The van der Waals surface area contributed by atoms with Gasteiger partial charge in [0.15, 0.2) is 0 Å². The van der Waals surface area contributed by atoms with Gasteiger partial charge in [0.05, 0.1) is 0 Å². The molecule has 0 heterocycles. The van der Waals surface area contributed by atoms with Crippen LogP contribution in [-0.2, 0) is 4.43 Å². The maximum atomic E-state index is 6.28. The fourth-order valence-electron chi connectivity index (χ4n) is 1.39. The highest BCUT2D eigenvalue weighted by molar-refractivity contribution is 14.1. The lowest BCUT2D eigenvalue weighted by Crippen LogP contribution is -2.22. The van der Waals surface area contributed by atoms with E-state index in [9.17, 15) is 0 Å². The third-order valence-corrected chi connectivity index (χ3v) is 7.27. The van der Waals surface area contributed by atoms with Gasteiger partial charge in [0.1, 0.15) is 0 Å². The Hall–Kier alpha value is 1.20. The highest BCUT2D eigenvalue weighted by Gasteiger charge is 2.27. The van der Waals surface area contributed by atoms with Crippen molar-refractivity contribution in [3.8, 4) is 0 Å². The molecule has 4 heteroatoms. The van der Waals surface area contributed by atoms with Crippen LogP contribution in [0.25, 0.3) is 0 Å². The van der Waals surface area contributed by atoms with Crippen LogP contribution in [0.3, 0.4) is 0 Å². The van der Waals surface area contributed by atoms with Crippen molar-refractivity contribution in [2.45, 2.75) is 58.4 Å². The minimum absolute atomic E-state index is 0.758. The van der Waals surface area contributed by atoms with E-state index in [0.29, 0.717) is 0 Å². The third-order valence-electron chi connectivity index (χ3n) is 2.18. The summed E-state index contributed by atoms with van der Waals surface area (Å²) >= 11 is 8.61. The predicted octanol–water partition coefficient (Wildman–Crippen LogP) is 5.00. The second-order valence-electron chi connectivity index (χ2n) is 3.59. The van der Waals surface area contributed by atoms with Crippen LogP contribution in [0.2, 0.25) is 6.04 Å². The molecule has 0 saturated heterocycles. The Labute approximate surface area is 107 Å².